The molecule has 2 fully saturated rings. The topological polar surface area (TPSA) is 61.6 Å². The van der Waals surface area contributed by atoms with Crippen LogP contribution in [0.2, 0.25) is 0 Å². The molecule has 5 heteroatoms. The van der Waals surface area contributed by atoms with Gasteiger partial charge >= 0.3 is 6.03 Å². The van der Waals surface area contributed by atoms with E-state index in [9.17, 15) is 4.79 Å². The van der Waals surface area contributed by atoms with Crippen LogP contribution in [0, 0.1) is 0 Å². The van der Waals surface area contributed by atoms with E-state index in [4.69, 9.17) is 5.73 Å². The average Bonchev–Trinajstić information content (AvgIpc) is 2.62. The van der Waals surface area contributed by atoms with Crippen LogP contribution in [0.25, 0.3) is 0 Å². The third kappa shape index (κ3) is 1.94. The third-order valence-corrected chi connectivity index (χ3v) is 3.52. The van der Waals surface area contributed by atoms with Crippen LogP contribution >= 0.6 is 0 Å². The third-order valence-electron chi connectivity index (χ3n) is 3.52. The zero-order valence-electron chi connectivity index (χ0n) is 9.28. The maximum atomic E-state index is 11.4. The highest BCUT2D eigenvalue weighted by molar-refractivity contribution is 5.77. The van der Waals surface area contributed by atoms with Gasteiger partial charge in [-0.25, -0.2) is 4.79 Å². The number of hydrogen-bond donors (Lipinski definition) is 2. The van der Waals surface area contributed by atoms with Crippen molar-refractivity contribution in [2.75, 3.05) is 32.7 Å². The van der Waals surface area contributed by atoms with Crippen LogP contribution in [0.5, 0.6) is 0 Å². The average molecular weight is 212 g/mol. The summed E-state index contributed by atoms with van der Waals surface area (Å²) in [6.45, 7) is 6.43. The fraction of sp³-hybridized carbons (Fsp3) is 0.900. The van der Waals surface area contributed by atoms with Gasteiger partial charge in [0.15, 0.2) is 0 Å². The second-order valence-corrected chi connectivity index (χ2v) is 4.33. The van der Waals surface area contributed by atoms with Crippen molar-refractivity contribution in [3.63, 3.8) is 0 Å². The molecule has 2 aliphatic rings. The summed E-state index contributed by atoms with van der Waals surface area (Å²) in [4.78, 5) is 15.8. The van der Waals surface area contributed by atoms with Gasteiger partial charge < -0.3 is 16.0 Å². The lowest BCUT2D eigenvalue weighted by Gasteiger charge is -2.40. The molecule has 2 amide bonds. The predicted molar refractivity (Wildman–Crippen MR) is 58.6 cm³/mol. The molecular weight excluding hydrogens is 192 g/mol. The van der Waals surface area contributed by atoms with E-state index in [1.54, 1.807) is 0 Å². The fourth-order valence-corrected chi connectivity index (χ4v) is 2.53. The van der Waals surface area contributed by atoms with Gasteiger partial charge in [-0.3, -0.25) is 4.90 Å². The van der Waals surface area contributed by atoms with Crippen molar-refractivity contribution in [2.24, 2.45) is 5.73 Å². The van der Waals surface area contributed by atoms with Crippen molar-refractivity contribution in [1.82, 2.24) is 15.1 Å². The number of nitrogens with zero attached hydrogens (tertiary/aromatic N) is 2. The van der Waals surface area contributed by atoms with Crippen molar-refractivity contribution >= 4 is 6.03 Å². The Hall–Kier alpha value is -0.810. The van der Waals surface area contributed by atoms with Crippen molar-refractivity contribution < 1.29 is 4.79 Å². The number of nitrogens with one attached hydrogen (secondary N) is 1. The molecule has 0 saturated carbocycles. The summed E-state index contributed by atoms with van der Waals surface area (Å²) in [7, 11) is 0. The Morgan fingerprint density at radius 2 is 2.40 bits per heavy atom. The number of rotatable bonds is 3. The SMILES string of the molecule is CCC(CN)N1CCN2C(=O)NCC2C1. The van der Waals surface area contributed by atoms with Crippen molar-refractivity contribution in [3.05, 3.63) is 0 Å². The minimum Gasteiger partial charge on any atom is -0.336 e. The summed E-state index contributed by atoms with van der Waals surface area (Å²) in [5.74, 6) is 0. The molecule has 0 spiro atoms. The van der Waals surface area contributed by atoms with E-state index in [1.807, 2.05) is 4.90 Å². The second kappa shape index (κ2) is 4.37. The first kappa shape index (κ1) is 10.7. The molecule has 2 atom stereocenters. The Kier molecular flexibility index (Phi) is 3.11. The van der Waals surface area contributed by atoms with E-state index < -0.39 is 0 Å². The Morgan fingerprint density at radius 3 is 3.07 bits per heavy atom. The van der Waals surface area contributed by atoms with Crippen LogP contribution in [0.4, 0.5) is 4.79 Å². The summed E-state index contributed by atoms with van der Waals surface area (Å²) in [5, 5.41) is 2.89. The number of nitrogens with two attached hydrogens (primary N) is 1. The van der Waals surface area contributed by atoms with Gasteiger partial charge in [0, 0.05) is 38.8 Å². The molecule has 5 nitrogen and oxygen atoms in total. The maximum Gasteiger partial charge on any atom is 0.317 e. The Balaban J connectivity index is 1.95. The fourth-order valence-electron chi connectivity index (χ4n) is 2.53. The van der Waals surface area contributed by atoms with Gasteiger partial charge in [-0.2, -0.15) is 0 Å². The summed E-state index contributed by atoms with van der Waals surface area (Å²) in [6.07, 6.45) is 1.09. The molecule has 2 rings (SSSR count). The molecule has 0 bridgehead atoms. The van der Waals surface area contributed by atoms with Gasteiger partial charge in [0.05, 0.1) is 6.04 Å². The molecule has 86 valence electrons. The number of amides is 2. The number of urea groups is 1. The predicted octanol–water partition coefficient (Wildman–Crippen LogP) is -0.567. The van der Waals surface area contributed by atoms with Crippen LogP contribution in [-0.4, -0.2) is 60.6 Å². The lowest BCUT2D eigenvalue weighted by atomic mass is 10.1. The van der Waals surface area contributed by atoms with E-state index in [1.165, 1.54) is 0 Å². The number of hydrogen-bond acceptors (Lipinski definition) is 3. The van der Waals surface area contributed by atoms with Gasteiger partial charge in [0.1, 0.15) is 0 Å². The van der Waals surface area contributed by atoms with Crippen molar-refractivity contribution in [1.29, 1.82) is 0 Å². The summed E-state index contributed by atoms with van der Waals surface area (Å²) in [6, 6.07) is 0.926. The smallest absolute Gasteiger partial charge is 0.317 e. The highest BCUT2D eigenvalue weighted by Crippen LogP contribution is 2.16. The second-order valence-electron chi connectivity index (χ2n) is 4.33. The zero-order valence-corrected chi connectivity index (χ0v) is 9.28. The molecule has 2 saturated heterocycles. The standard InChI is InChI=1S/C10H20N4O/c1-2-8(5-11)13-3-4-14-9(7-13)6-12-10(14)15/h8-9H,2-7,11H2,1H3,(H,12,15). The largest absolute Gasteiger partial charge is 0.336 e. The minimum atomic E-state index is 0.0976. The molecule has 2 unspecified atom stereocenters. The lowest BCUT2D eigenvalue weighted by molar-refractivity contribution is 0.0890. The molecule has 0 aromatic rings. The normalized spacial score (nSPS) is 28.8. The zero-order chi connectivity index (χ0) is 10.8. The van der Waals surface area contributed by atoms with Crippen LogP contribution in [0.15, 0.2) is 0 Å². The number of fused-ring (bicyclic) bond motifs is 1. The van der Waals surface area contributed by atoms with Crippen LogP contribution in [0.1, 0.15) is 13.3 Å². The van der Waals surface area contributed by atoms with E-state index >= 15 is 0 Å². The monoisotopic (exact) mass is 212 g/mol. The first-order valence-corrected chi connectivity index (χ1v) is 5.74. The van der Waals surface area contributed by atoms with E-state index in [0.29, 0.717) is 18.6 Å². The van der Waals surface area contributed by atoms with Gasteiger partial charge in [-0.05, 0) is 6.42 Å². The lowest BCUT2D eigenvalue weighted by Crippen LogP contribution is -2.56. The molecule has 0 radical (unpaired) electrons. The van der Waals surface area contributed by atoms with Crippen LogP contribution in [-0.2, 0) is 0 Å². The van der Waals surface area contributed by atoms with E-state index in [-0.39, 0.29) is 6.03 Å². The van der Waals surface area contributed by atoms with Crippen molar-refractivity contribution in [2.45, 2.75) is 25.4 Å². The molecule has 2 heterocycles. The summed E-state index contributed by atoms with van der Waals surface area (Å²) in [5.41, 5.74) is 5.74. The summed E-state index contributed by atoms with van der Waals surface area (Å²) >= 11 is 0. The Labute approximate surface area is 90.6 Å². The Bertz CT molecular complexity index is 242. The first-order chi connectivity index (χ1) is 7.26. The molecule has 15 heavy (non-hydrogen) atoms. The molecule has 0 aromatic carbocycles. The molecule has 0 aromatic heterocycles. The molecule has 3 N–H and O–H groups in total. The summed E-state index contributed by atoms with van der Waals surface area (Å²) < 4.78 is 0. The van der Waals surface area contributed by atoms with Gasteiger partial charge in [-0.15, -0.1) is 0 Å². The quantitative estimate of drug-likeness (QED) is 0.659. The van der Waals surface area contributed by atoms with Crippen molar-refractivity contribution in [3.8, 4) is 0 Å². The van der Waals surface area contributed by atoms with Crippen LogP contribution < -0.4 is 11.1 Å². The van der Waals surface area contributed by atoms with Gasteiger partial charge in [0.25, 0.3) is 0 Å². The highest BCUT2D eigenvalue weighted by atomic mass is 16.2. The minimum absolute atomic E-state index is 0.0976. The number of carbonyl (C=O) groups excluding carboxylic acids is 1. The highest BCUT2D eigenvalue weighted by Gasteiger charge is 2.36. The van der Waals surface area contributed by atoms with E-state index in [0.717, 1.165) is 32.6 Å². The molecule has 0 aliphatic carbocycles. The first-order valence-electron chi connectivity index (χ1n) is 5.74. The number of piperazine rings is 1. The van der Waals surface area contributed by atoms with E-state index in [2.05, 4.69) is 17.1 Å². The van der Waals surface area contributed by atoms with Crippen LogP contribution in [0.3, 0.4) is 0 Å². The van der Waals surface area contributed by atoms with Gasteiger partial charge in [0.2, 0.25) is 0 Å². The molecule has 2 aliphatic heterocycles. The Morgan fingerprint density at radius 1 is 1.60 bits per heavy atom. The maximum absolute atomic E-state index is 11.4. The number of carbonyl (C=O) groups is 1. The molecular formula is C10H20N4O. The van der Waals surface area contributed by atoms with Gasteiger partial charge in [-0.1, -0.05) is 6.92 Å².